The molecule has 6 aromatic rings. The highest BCUT2D eigenvalue weighted by molar-refractivity contribution is 6.00. The maximum Gasteiger partial charge on any atom is 0.217 e. The molecule has 3 N–H and O–H groups in total. The highest BCUT2D eigenvalue weighted by atomic mass is 16.5. The Morgan fingerprint density at radius 1 is 0.550 bits per heavy atom. The number of amides is 1. The molecule has 0 aliphatic heterocycles. The second-order valence-electron chi connectivity index (χ2n) is 33.7. The first-order valence-corrected chi connectivity index (χ1v) is 34.9. The van der Waals surface area contributed by atoms with Crippen LogP contribution in [0.5, 0.6) is 5.75 Å². The van der Waals surface area contributed by atoms with E-state index in [1.807, 2.05) is 315 Å². The molecule has 552 valence electrons. The number of carbonyl (C=O) groups is 8. The maximum absolute atomic E-state index is 12.3. The van der Waals surface area contributed by atoms with Gasteiger partial charge < -0.3 is 20.2 Å². The van der Waals surface area contributed by atoms with E-state index in [9.17, 15) is 38.4 Å². The van der Waals surface area contributed by atoms with Crippen molar-refractivity contribution in [2.45, 2.75) is 238 Å². The van der Waals surface area contributed by atoms with E-state index in [-0.39, 0.29) is 86.2 Å². The standard InChI is InChI=1S/C15H18N2O.C14H21NO.C12H23NO2.C12H18O2.C12H16O2.C12H16O.C9H16O/c1-11-13(14(18)15(2,3)4)10-16-17(11)12-8-6-5-7-9-12;1-13(2,3)12(16)14(4,15)10-11-8-6-5-7-9-11;1-8(2)7-10(13-9(3)14)11(15)12(4,5)6;1-8-7-14-9(2)10(8)6-11(13)12(3,4)5;1-12(2,3)11(13)9-14-10-7-5-4-6-8-10;1-12(2,3)11(13)9-10-7-5-4-6-8-10;1-6-7(2)8(10)9(3,4)5/h5-10H,1-4H3;5-9H,10,15H2,1-4H3;8,10H,7H2,1-6H3,(H,13,14);7H,6H2,1-5H3;4-8H,9H2,1-3H3;4-8H,9H2,1-3H3;6-7H,1H2,2-5H3. The highest BCUT2D eigenvalue weighted by Gasteiger charge is 2.37. The summed E-state index contributed by atoms with van der Waals surface area (Å²) in [6.45, 7) is 59.1. The number of aromatic nitrogens is 2. The number of allylic oxidation sites excluding steroid dienone is 1. The van der Waals surface area contributed by atoms with E-state index in [4.69, 9.17) is 14.9 Å². The van der Waals surface area contributed by atoms with Crippen molar-refractivity contribution in [1.82, 2.24) is 15.1 Å². The molecule has 1 amide bonds. The average molecular weight is 1380 g/mol. The number of benzene rings is 4. The lowest BCUT2D eigenvalue weighted by Gasteiger charge is -2.30. The molecule has 4 aromatic carbocycles. The van der Waals surface area contributed by atoms with E-state index in [1.54, 1.807) is 23.2 Å². The number of nitrogens with one attached hydrogen (secondary N) is 1. The molecule has 0 saturated heterocycles. The van der Waals surface area contributed by atoms with E-state index < -0.39 is 16.4 Å². The van der Waals surface area contributed by atoms with Crippen LogP contribution in [0.4, 0.5) is 0 Å². The number of nitrogens with zero attached hydrogens (tertiary/aromatic N) is 2. The zero-order valence-corrected chi connectivity index (χ0v) is 66.8. The zero-order valence-electron chi connectivity index (χ0n) is 66.8. The van der Waals surface area contributed by atoms with Crippen LogP contribution in [0.25, 0.3) is 5.69 Å². The van der Waals surface area contributed by atoms with Gasteiger partial charge in [-0.15, -0.1) is 6.58 Å². The lowest BCUT2D eigenvalue weighted by molar-refractivity contribution is -0.132. The van der Waals surface area contributed by atoms with Crippen molar-refractivity contribution in [2.75, 3.05) is 6.61 Å². The van der Waals surface area contributed by atoms with Gasteiger partial charge in [-0.2, -0.15) is 5.10 Å². The quantitative estimate of drug-likeness (QED) is 0.0607. The molecule has 6 rings (SSSR count). The van der Waals surface area contributed by atoms with Crippen LogP contribution in [0.3, 0.4) is 0 Å². The third-order valence-corrected chi connectivity index (χ3v) is 15.7. The summed E-state index contributed by atoms with van der Waals surface area (Å²) >= 11 is 0. The van der Waals surface area contributed by atoms with E-state index in [0.717, 1.165) is 45.1 Å². The SMILES string of the molecule is C=CC(C)C(=O)C(C)(C)C.CC(=O)NC(CC(C)C)C(=O)C(C)(C)C.CC(C)(C)C(=O)C(C)(N)Cc1ccccc1.CC(C)(C)C(=O)COc1ccccc1.CC(C)(C)C(=O)Cc1ccccc1.Cc1c(C(=O)C(C)(C)C)cnn1-c1ccccc1.Cc1coc(C)c1CC(=O)C(C)(C)C. The van der Waals surface area contributed by atoms with Crippen LogP contribution in [-0.2, 0) is 52.8 Å². The first-order valence-electron chi connectivity index (χ1n) is 34.9. The summed E-state index contributed by atoms with van der Waals surface area (Å²) in [5, 5.41) is 7.05. The van der Waals surface area contributed by atoms with Crippen molar-refractivity contribution in [1.29, 1.82) is 0 Å². The Kier molecular flexibility index (Phi) is 37.2. The second kappa shape index (κ2) is 40.5. The van der Waals surface area contributed by atoms with Gasteiger partial charge in [0.05, 0.1) is 41.0 Å². The number of hydrogen-bond acceptors (Lipinski definition) is 12. The number of aryl methyl sites for hydroxylation is 2. The molecule has 3 unspecified atom stereocenters. The lowest BCUT2D eigenvalue weighted by Crippen LogP contribution is -2.52. The fourth-order valence-corrected chi connectivity index (χ4v) is 9.30. The minimum Gasteiger partial charge on any atom is -0.486 e. The number of para-hydroxylation sites is 2. The van der Waals surface area contributed by atoms with E-state index >= 15 is 0 Å². The second-order valence-corrected chi connectivity index (χ2v) is 33.7. The minimum absolute atomic E-state index is 0.0139. The molecule has 0 aliphatic rings. The van der Waals surface area contributed by atoms with Gasteiger partial charge in [0, 0.05) is 69.2 Å². The molecule has 0 saturated carbocycles. The normalized spacial score (nSPS) is 12.8. The summed E-state index contributed by atoms with van der Waals surface area (Å²) < 4.78 is 12.4. The number of rotatable bonds is 18. The van der Waals surface area contributed by atoms with Crippen molar-refractivity contribution < 1.29 is 47.5 Å². The van der Waals surface area contributed by atoms with Crippen LogP contribution in [0.2, 0.25) is 0 Å². The minimum atomic E-state index is -0.792. The van der Waals surface area contributed by atoms with Gasteiger partial charge in [-0.1, -0.05) is 269 Å². The average Bonchev–Trinajstić information content (AvgIpc) is 1.59. The van der Waals surface area contributed by atoms with Crippen LogP contribution < -0.4 is 15.8 Å². The van der Waals surface area contributed by atoms with Gasteiger partial charge >= 0.3 is 0 Å². The Labute approximate surface area is 603 Å². The smallest absolute Gasteiger partial charge is 0.217 e. The van der Waals surface area contributed by atoms with Gasteiger partial charge in [-0.25, -0.2) is 4.68 Å². The van der Waals surface area contributed by atoms with Gasteiger partial charge in [0.2, 0.25) is 5.91 Å². The van der Waals surface area contributed by atoms with Crippen LogP contribution in [-0.4, -0.2) is 74.4 Å². The molecule has 3 atom stereocenters. The molecule has 0 aliphatic carbocycles. The van der Waals surface area contributed by atoms with Gasteiger partial charge in [0.1, 0.15) is 35.5 Å². The number of nitrogens with two attached hydrogens (primary N) is 1. The van der Waals surface area contributed by atoms with E-state index in [1.165, 1.54) is 6.92 Å². The number of furan rings is 1. The molecule has 0 bridgehead atoms. The summed E-state index contributed by atoms with van der Waals surface area (Å²) in [4.78, 5) is 93.7. The lowest BCUT2D eigenvalue weighted by atomic mass is 9.77. The number of carbonyl (C=O) groups excluding carboxylic acids is 8. The molecule has 0 radical (unpaired) electrons. The van der Waals surface area contributed by atoms with Gasteiger partial charge in [-0.05, 0) is 87.4 Å². The van der Waals surface area contributed by atoms with Gasteiger partial charge in [-0.3, -0.25) is 38.4 Å². The number of Topliss-reactive ketones (excluding diaryl/α,β-unsaturated/α-hetero) is 7. The largest absolute Gasteiger partial charge is 0.486 e. The van der Waals surface area contributed by atoms with Crippen LogP contribution >= 0.6 is 0 Å². The predicted molar refractivity (Wildman–Crippen MR) is 412 cm³/mol. The molecule has 100 heavy (non-hydrogen) atoms. The topological polar surface area (TPSA) is 215 Å². The molecule has 2 heterocycles. The maximum atomic E-state index is 12.3. The molecule has 0 fully saturated rings. The molecule has 14 nitrogen and oxygen atoms in total. The Morgan fingerprint density at radius 2 is 0.970 bits per heavy atom. The van der Waals surface area contributed by atoms with Crippen LogP contribution in [0.15, 0.2) is 151 Å². The van der Waals surface area contributed by atoms with Gasteiger partial charge in [0.25, 0.3) is 0 Å². The molecular formula is C86H128N4O10. The van der Waals surface area contributed by atoms with Crippen LogP contribution in [0, 0.1) is 70.5 Å². The predicted octanol–water partition coefficient (Wildman–Crippen LogP) is 19.1. The fraction of sp³-hybridized carbons (Fsp3) is 0.523. The van der Waals surface area contributed by atoms with E-state index in [0.29, 0.717) is 42.9 Å². The van der Waals surface area contributed by atoms with E-state index in [2.05, 4.69) is 17.0 Å². The molecule has 0 spiro atoms. The Balaban J connectivity index is 0.00000115. The first-order chi connectivity index (χ1) is 45.5. The Bertz CT molecular complexity index is 3490. The third kappa shape index (κ3) is 35.4. The van der Waals surface area contributed by atoms with Crippen molar-refractivity contribution in [3.8, 4) is 11.4 Å². The summed E-state index contributed by atoms with van der Waals surface area (Å²) in [7, 11) is 0. The summed E-state index contributed by atoms with van der Waals surface area (Å²) in [6.07, 6.45) is 7.38. The number of hydrogen-bond donors (Lipinski definition) is 2. The summed E-state index contributed by atoms with van der Waals surface area (Å²) in [5.74, 6) is 3.08. The molecule has 14 heteroatoms. The zero-order chi connectivity index (χ0) is 77.8. The van der Waals surface area contributed by atoms with Crippen LogP contribution in [0.1, 0.15) is 231 Å². The monoisotopic (exact) mass is 1380 g/mol. The third-order valence-electron chi connectivity index (χ3n) is 15.7. The van der Waals surface area contributed by atoms with Crippen molar-refractivity contribution >= 4 is 46.4 Å². The van der Waals surface area contributed by atoms with Crippen molar-refractivity contribution in [2.24, 2.45) is 55.5 Å². The highest BCUT2D eigenvalue weighted by Crippen LogP contribution is 2.28. The summed E-state index contributed by atoms with van der Waals surface area (Å²) in [6, 6.07) is 38.6. The number of ketones is 7. The molecular weight excluding hydrogens is 1250 g/mol. The van der Waals surface area contributed by atoms with Gasteiger partial charge in [0.15, 0.2) is 23.1 Å². The summed E-state index contributed by atoms with van der Waals surface area (Å²) in [5.41, 5.74) is 10.0. The molecule has 2 aromatic heterocycles. The van der Waals surface area contributed by atoms with Crippen molar-refractivity contribution in [3.63, 3.8) is 0 Å². The first kappa shape index (κ1) is 92.0. The van der Waals surface area contributed by atoms with Crippen molar-refractivity contribution in [3.05, 3.63) is 186 Å². The Hall–Kier alpha value is -7.97. The number of ether oxygens (including phenoxy) is 1. The Morgan fingerprint density at radius 3 is 1.33 bits per heavy atom. The fourth-order valence-electron chi connectivity index (χ4n) is 9.30.